The summed E-state index contributed by atoms with van der Waals surface area (Å²) in [4.78, 5) is 11.8. The Morgan fingerprint density at radius 1 is 0.640 bits per heavy atom. The highest BCUT2D eigenvalue weighted by molar-refractivity contribution is 5.71. The van der Waals surface area contributed by atoms with Crippen LogP contribution in [0.2, 0.25) is 0 Å². The molecule has 15 atom stereocenters. The Bertz CT molecular complexity index is 726. The number of hydrogen-bond acceptors (Lipinski definition) is 1. The van der Waals surface area contributed by atoms with Crippen molar-refractivity contribution in [1.82, 2.24) is 0 Å². The van der Waals surface area contributed by atoms with Crippen LogP contribution in [0.25, 0.3) is 0 Å². The maximum Gasteiger partial charge on any atom is 0.306 e. The Labute approximate surface area is 149 Å². The van der Waals surface area contributed by atoms with E-state index in [9.17, 15) is 9.90 Å². The van der Waals surface area contributed by atoms with Gasteiger partial charge in [-0.3, -0.25) is 4.79 Å². The number of carboxylic acids is 1. The third-order valence-corrected chi connectivity index (χ3v) is 11.5. The first-order valence-electron chi connectivity index (χ1n) is 11.1. The minimum Gasteiger partial charge on any atom is -0.481 e. The minimum absolute atomic E-state index is 0.0146. The van der Waals surface area contributed by atoms with Gasteiger partial charge in [0.05, 0.1) is 5.92 Å². The first-order valence-corrected chi connectivity index (χ1v) is 11.1. The largest absolute Gasteiger partial charge is 0.481 e. The van der Waals surface area contributed by atoms with E-state index in [-0.39, 0.29) is 5.92 Å². The molecule has 0 radical (unpaired) electrons. The van der Waals surface area contributed by atoms with Gasteiger partial charge in [0.25, 0.3) is 0 Å². The summed E-state index contributed by atoms with van der Waals surface area (Å²) in [6.45, 7) is 0. The third kappa shape index (κ3) is 1.23. The van der Waals surface area contributed by atoms with Crippen LogP contribution in [0.15, 0.2) is 12.2 Å². The highest BCUT2D eigenvalue weighted by atomic mass is 16.4. The van der Waals surface area contributed by atoms with E-state index >= 15 is 0 Å². The lowest BCUT2D eigenvalue weighted by Crippen LogP contribution is -2.47. The Morgan fingerprint density at radius 2 is 1.20 bits per heavy atom. The van der Waals surface area contributed by atoms with Gasteiger partial charge in [0.15, 0.2) is 0 Å². The first-order chi connectivity index (χ1) is 12.2. The summed E-state index contributed by atoms with van der Waals surface area (Å²) >= 11 is 0. The molecule has 8 rings (SSSR count). The molecule has 0 aromatic carbocycles. The molecule has 8 bridgehead atoms. The molecule has 132 valence electrons. The summed E-state index contributed by atoms with van der Waals surface area (Å²) in [6, 6.07) is 0. The van der Waals surface area contributed by atoms with Gasteiger partial charge in [-0.25, -0.2) is 0 Å². The van der Waals surface area contributed by atoms with Crippen LogP contribution in [-0.4, -0.2) is 11.1 Å². The summed E-state index contributed by atoms with van der Waals surface area (Å²) in [7, 11) is 0. The molecule has 7 fully saturated rings. The zero-order valence-electron chi connectivity index (χ0n) is 14.7. The molecule has 1 N–H and O–H groups in total. The first kappa shape index (κ1) is 13.4. The van der Waals surface area contributed by atoms with Crippen LogP contribution in [0.5, 0.6) is 0 Å². The molecule has 0 saturated heterocycles. The predicted octanol–water partition coefficient (Wildman–Crippen LogP) is 3.93. The summed E-state index contributed by atoms with van der Waals surface area (Å²) in [5.74, 6) is 12.7. The van der Waals surface area contributed by atoms with E-state index in [2.05, 4.69) is 12.2 Å². The Balaban J connectivity index is 1.20. The van der Waals surface area contributed by atoms with Gasteiger partial charge >= 0.3 is 5.97 Å². The lowest BCUT2D eigenvalue weighted by molar-refractivity contribution is -0.146. The molecule has 8 aliphatic carbocycles. The van der Waals surface area contributed by atoms with Crippen LogP contribution >= 0.6 is 0 Å². The molecular weight excluding hydrogens is 308 g/mol. The lowest BCUT2D eigenvalue weighted by Gasteiger charge is -2.50. The van der Waals surface area contributed by atoms with E-state index in [0.717, 1.165) is 83.4 Å². The monoisotopic (exact) mass is 336 g/mol. The van der Waals surface area contributed by atoms with Gasteiger partial charge < -0.3 is 5.11 Å². The fourth-order valence-corrected chi connectivity index (χ4v) is 11.8. The average Bonchev–Trinajstić information content (AvgIpc) is 3.46. The summed E-state index contributed by atoms with van der Waals surface area (Å²) in [5.41, 5.74) is 0. The van der Waals surface area contributed by atoms with Crippen molar-refractivity contribution in [2.75, 3.05) is 0 Å². The Kier molecular flexibility index (Phi) is 2.09. The van der Waals surface area contributed by atoms with Crippen molar-refractivity contribution >= 4 is 5.97 Å². The van der Waals surface area contributed by atoms with Crippen molar-refractivity contribution in [3.05, 3.63) is 12.2 Å². The standard InChI is InChI=1S/C23H28O2/c24-23(25)12-5-10-4-11(12)20-16-7-15(19(10)20)21-13-6-14(22(16)21)18-9-2-1-8(3-9)17(13)18/h1-2,8-22H,3-7H2,(H,24,25). The van der Waals surface area contributed by atoms with Crippen molar-refractivity contribution < 1.29 is 9.90 Å². The van der Waals surface area contributed by atoms with Gasteiger partial charge in [-0.1, -0.05) is 12.2 Å². The summed E-state index contributed by atoms with van der Waals surface area (Å²) in [5, 5.41) is 9.71. The highest BCUT2D eigenvalue weighted by Crippen LogP contribution is 2.81. The van der Waals surface area contributed by atoms with E-state index in [4.69, 9.17) is 0 Å². The second-order valence-electron chi connectivity index (χ2n) is 11.4. The van der Waals surface area contributed by atoms with Crippen LogP contribution in [0.3, 0.4) is 0 Å². The maximum atomic E-state index is 11.8. The Morgan fingerprint density at radius 3 is 1.84 bits per heavy atom. The van der Waals surface area contributed by atoms with Gasteiger partial charge in [-0.15, -0.1) is 0 Å². The normalized spacial score (nSPS) is 71.8. The van der Waals surface area contributed by atoms with Gasteiger partial charge in [0, 0.05) is 0 Å². The third-order valence-electron chi connectivity index (χ3n) is 11.5. The average molecular weight is 336 g/mol. The number of allylic oxidation sites excluding steroid dienone is 2. The van der Waals surface area contributed by atoms with Gasteiger partial charge in [0.2, 0.25) is 0 Å². The van der Waals surface area contributed by atoms with E-state index < -0.39 is 5.97 Å². The van der Waals surface area contributed by atoms with Gasteiger partial charge in [0.1, 0.15) is 0 Å². The molecule has 0 aromatic heterocycles. The van der Waals surface area contributed by atoms with E-state index in [1.165, 1.54) is 19.3 Å². The zero-order chi connectivity index (χ0) is 16.2. The molecule has 2 heteroatoms. The van der Waals surface area contributed by atoms with E-state index in [0.29, 0.717) is 5.92 Å². The summed E-state index contributed by atoms with van der Waals surface area (Å²) < 4.78 is 0. The predicted molar refractivity (Wildman–Crippen MR) is 92.2 cm³/mol. The van der Waals surface area contributed by atoms with Crippen molar-refractivity contribution in [2.45, 2.75) is 32.1 Å². The van der Waals surface area contributed by atoms with E-state index in [1.807, 2.05) is 0 Å². The quantitative estimate of drug-likeness (QED) is 0.582. The van der Waals surface area contributed by atoms with Crippen LogP contribution in [0.4, 0.5) is 0 Å². The van der Waals surface area contributed by atoms with Gasteiger partial charge in [-0.2, -0.15) is 0 Å². The molecule has 15 unspecified atom stereocenters. The molecule has 8 aliphatic rings. The van der Waals surface area contributed by atoms with E-state index in [1.54, 1.807) is 6.42 Å². The van der Waals surface area contributed by atoms with Crippen molar-refractivity contribution in [1.29, 1.82) is 0 Å². The number of fused-ring (bicyclic) bond motifs is 23. The minimum atomic E-state index is -0.475. The number of hydrogen-bond donors (Lipinski definition) is 1. The molecule has 0 spiro atoms. The van der Waals surface area contributed by atoms with Crippen molar-refractivity contribution in [3.8, 4) is 0 Å². The molecule has 0 heterocycles. The summed E-state index contributed by atoms with van der Waals surface area (Å²) in [6.07, 6.45) is 12.0. The molecule has 25 heavy (non-hydrogen) atoms. The fraction of sp³-hybridized carbons (Fsp3) is 0.870. The van der Waals surface area contributed by atoms with Gasteiger partial charge in [-0.05, 0) is 115 Å². The van der Waals surface area contributed by atoms with Crippen LogP contribution in [0, 0.1) is 88.8 Å². The maximum absolute atomic E-state index is 11.8. The van der Waals surface area contributed by atoms with Crippen LogP contribution < -0.4 is 0 Å². The smallest absolute Gasteiger partial charge is 0.306 e. The topological polar surface area (TPSA) is 37.3 Å². The fourth-order valence-electron chi connectivity index (χ4n) is 11.8. The number of carbonyl (C=O) groups is 1. The molecule has 0 aliphatic heterocycles. The SMILES string of the molecule is O=C(O)C1CC2CC1C1C3CC(C21)C1C2CC(C4C5C=CC(C5)C24)C31. The lowest BCUT2D eigenvalue weighted by atomic mass is 9.54. The molecule has 2 nitrogen and oxygen atoms in total. The zero-order valence-corrected chi connectivity index (χ0v) is 14.7. The highest BCUT2D eigenvalue weighted by Gasteiger charge is 2.76. The molecule has 0 amide bonds. The number of carboxylic acid groups (broad SMARTS) is 1. The second kappa shape index (κ2) is 3.90. The second-order valence-corrected chi connectivity index (χ2v) is 11.4. The molecule has 7 saturated carbocycles. The van der Waals surface area contributed by atoms with Crippen molar-refractivity contribution in [2.24, 2.45) is 88.8 Å². The number of aliphatic carboxylic acids is 1. The number of rotatable bonds is 1. The van der Waals surface area contributed by atoms with Crippen molar-refractivity contribution in [3.63, 3.8) is 0 Å². The Hall–Kier alpha value is -0.790. The molecule has 0 aromatic rings. The van der Waals surface area contributed by atoms with Crippen LogP contribution in [0.1, 0.15) is 32.1 Å². The van der Waals surface area contributed by atoms with Crippen LogP contribution in [-0.2, 0) is 4.79 Å². The molecular formula is C23H28O2.